The number of benzene rings is 3. The van der Waals surface area contributed by atoms with Crippen molar-refractivity contribution in [2.75, 3.05) is 0 Å². The number of rotatable bonds is 4. The van der Waals surface area contributed by atoms with Crippen LogP contribution in [0.5, 0.6) is 0 Å². The zero-order valence-electron chi connectivity index (χ0n) is 18.3. The van der Waals surface area contributed by atoms with E-state index < -0.39 is 0 Å². The van der Waals surface area contributed by atoms with Gasteiger partial charge in [-0.15, -0.1) is 0 Å². The van der Waals surface area contributed by atoms with Crippen molar-refractivity contribution in [1.82, 2.24) is 14.8 Å². The van der Waals surface area contributed by atoms with Gasteiger partial charge in [0.25, 0.3) is 0 Å². The topological polar surface area (TPSA) is 47.8 Å². The van der Waals surface area contributed by atoms with E-state index in [1.165, 1.54) is 0 Å². The molecule has 0 unspecified atom stereocenters. The van der Waals surface area contributed by atoms with Gasteiger partial charge in [0.15, 0.2) is 11.4 Å². The van der Waals surface area contributed by atoms with E-state index in [0.29, 0.717) is 16.8 Å². The van der Waals surface area contributed by atoms with Gasteiger partial charge < -0.3 is 0 Å². The summed E-state index contributed by atoms with van der Waals surface area (Å²) in [6.45, 7) is 4.00. The van der Waals surface area contributed by atoms with Gasteiger partial charge in [-0.2, -0.15) is 5.10 Å². The summed E-state index contributed by atoms with van der Waals surface area (Å²) >= 11 is 0. The first kappa shape index (κ1) is 19.9. The standard InChI is InChI=1S/C28H23N3O/c1-18-14-16-20(17-15-18)24-25(27(32)22-12-8-5-9-13-22)23-19(2)30-31(3)28(23)29-26(24)21-10-6-4-7-11-21/h4-17H,1-3H3. The van der Waals surface area contributed by atoms with Gasteiger partial charge >= 0.3 is 0 Å². The second kappa shape index (κ2) is 7.89. The predicted octanol–water partition coefficient (Wildman–Crippen LogP) is 6.15. The molecular formula is C28H23N3O. The van der Waals surface area contributed by atoms with Crippen molar-refractivity contribution in [1.29, 1.82) is 0 Å². The third-order valence-electron chi connectivity index (χ3n) is 5.80. The number of hydrogen-bond acceptors (Lipinski definition) is 3. The van der Waals surface area contributed by atoms with Crippen LogP contribution in [0.3, 0.4) is 0 Å². The normalized spacial score (nSPS) is 11.1. The van der Waals surface area contributed by atoms with Crippen molar-refractivity contribution in [2.45, 2.75) is 13.8 Å². The monoisotopic (exact) mass is 417 g/mol. The molecule has 2 aromatic heterocycles. The molecule has 5 rings (SSSR count). The molecule has 0 aliphatic heterocycles. The molecule has 4 nitrogen and oxygen atoms in total. The summed E-state index contributed by atoms with van der Waals surface area (Å²) in [7, 11) is 1.87. The molecule has 0 saturated carbocycles. The second-order valence-electron chi connectivity index (χ2n) is 8.05. The first-order valence-electron chi connectivity index (χ1n) is 10.6. The van der Waals surface area contributed by atoms with E-state index in [0.717, 1.165) is 39.0 Å². The van der Waals surface area contributed by atoms with Crippen LogP contribution >= 0.6 is 0 Å². The van der Waals surface area contributed by atoms with Gasteiger partial charge in [0, 0.05) is 29.3 Å². The number of aryl methyl sites for hydroxylation is 3. The third-order valence-corrected chi connectivity index (χ3v) is 5.80. The van der Waals surface area contributed by atoms with Crippen LogP contribution < -0.4 is 0 Å². The van der Waals surface area contributed by atoms with Crippen LogP contribution in [-0.4, -0.2) is 20.5 Å². The van der Waals surface area contributed by atoms with E-state index in [9.17, 15) is 4.79 Å². The highest BCUT2D eigenvalue weighted by Gasteiger charge is 2.26. The van der Waals surface area contributed by atoms with E-state index in [2.05, 4.69) is 36.3 Å². The van der Waals surface area contributed by atoms with E-state index in [-0.39, 0.29) is 5.78 Å². The van der Waals surface area contributed by atoms with Gasteiger partial charge in [0.2, 0.25) is 0 Å². The quantitative estimate of drug-likeness (QED) is 0.330. The number of fused-ring (bicyclic) bond motifs is 1. The highest BCUT2D eigenvalue weighted by molar-refractivity contribution is 6.21. The molecule has 0 fully saturated rings. The Morgan fingerprint density at radius 1 is 0.781 bits per heavy atom. The lowest BCUT2D eigenvalue weighted by atomic mass is 9.88. The van der Waals surface area contributed by atoms with E-state index in [4.69, 9.17) is 4.98 Å². The Morgan fingerprint density at radius 2 is 1.41 bits per heavy atom. The molecule has 0 radical (unpaired) electrons. The van der Waals surface area contributed by atoms with E-state index in [1.807, 2.05) is 74.6 Å². The van der Waals surface area contributed by atoms with Crippen molar-refractivity contribution in [3.05, 3.63) is 107 Å². The lowest BCUT2D eigenvalue weighted by Gasteiger charge is -2.17. The summed E-state index contributed by atoms with van der Waals surface area (Å²) in [6, 6.07) is 27.7. The summed E-state index contributed by atoms with van der Waals surface area (Å²) < 4.78 is 1.76. The Bertz CT molecular complexity index is 1430. The molecule has 0 aliphatic carbocycles. The Hall–Kier alpha value is -4.05. The highest BCUT2D eigenvalue weighted by atomic mass is 16.1. The van der Waals surface area contributed by atoms with E-state index >= 15 is 0 Å². The van der Waals surface area contributed by atoms with Crippen molar-refractivity contribution in [3.8, 4) is 22.4 Å². The smallest absolute Gasteiger partial charge is 0.194 e. The maximum Gasteiger partial charge on any atom is 0.194 e. The van der Waals surface area contributed by atoms with Crippen LogP contribution in [0, 0.1) is 13.8 Å². The molecule has 2 heterocycles. The predicted molar refractivity (Wildman–Crippen MR) is 129 cm³/mol. The van der Waals surface area contributed by atoms with Crippen LogP contribution in [0.4, 0.5) is 0 Å². The van der Waals surface area contributed by atoms with Gasteiger partial charge in [-0.1, -0.05) is 90.5 Å². The molecule has 0 bridgehead atoms. The third kappa shape index (κ3) is 3.30. The number of ketones is 1. The Labute approximate surface area is 187 Å². The molecule has 156 valence electrons. The van der Waals surface area contributed by atoms with Gasteiger partial charge in [0.05, 0.1) is 16.8 Å². The average Bonchev–Trinajstić information content (AvgIpc) is 3.12. The van der Waals surface area contributed by atoms with Crippen LogP contribution in [0.1, 0.15) is 27.2 Å². The molecule has 0 aliphatic rings. The maximum absolute atomic E-state index is 14.0. The van der Waals surface area contributed by atoms with Crippen LogP contribution in [-0.2, 0) is 7.05 Å². The molecule has 3 aromatic carbocycles. The minimum Gasteiger partial charge on any atom is -0.289 e. The van der Waals surface area contributed by atoms with Gasteiger partial charge in [-0.3, -0.25) is 9.48 Å². The SMILES string of the molecule is Cc1ccc(-c2c(-c3ccccc3)nc3c(c(C)nn3C)c2C(=O)c2ccccc2)cc1. The van der Waals surface area contributed by atoms with Crippen LogP contribution in [0.15, 0.2) is 84.9 Å². The summed E-state index contributed by atoms with van der Waals surface area (Å²) in [5, 5.41) is 5.41. The summed E-state index contributed by atoms with van der Waals surface area (Å²) in [5.74, 6) is -0.0261. The second-order valence-corrected chi connectivity index (χ2v) is 8.05. The molecule has 4 heteroatoms. The van der Waals surface area contributed by atoms with Crippen LogP contribution in [0.25, 0.3) is 33.4 Å². The fourth-order valence-corrected chi connectivity index (χ4v) is 4.24. The van der Waals surface area contributed by atoms with Gasteiger partial charge in [-0.05, 0) is 19.4 Å². The first-order chi connectivity index (χ1) is 15.5. The number of carbonyl (C=O) groups excluding carboxylic acids is 1. The Balaban J connectivity index is 1.95. The average molecular weight is 418 g/mol. The van der Waals surface area contributed by atoms with Crippen molar-refractivity contribution in [3.63, 3.8) is 0 Å². The first-order valence-corrected chi connectivity index (χ1v) is 10.6. The van der Waals surface area contributed by atoms with Crippen LogP contribution in [0.2, 0.25) is 0 Å². The molecule has 0 amide bonds. The van der Waals surface area contributed by atoms with Crippen molar-refractivity contribution >= 4 is 16.8 Å². The molecule has 0 N–H and O–H groups in total. The van der Waals surface area contributed by atoms with E-state index in [1.54, 1.807) is 4.68 Å². The van der Waals surface area contributed by atoms with Crippen molar-refractivity contribution < 1.29 is 4.79 Å². The fourth-order valence-electron chi connectivity index (χ4n) is 4.24. The summed E-state index contributed by atoms with van der Waals surface area (Å²) in [6.07, 6.45) is 0. The zero-order valence-corrected chi connectivity index (χ0v) is 18.3. The van der Waals surface area contributed by atoms with Gasteiger partial charge in [0.1, 0.15) is 0 Å². The molecule has 0 atom stereocenters. The zero-order chi connectivity index (χ0) is 22.2. The number of pyridine rings is 1. The Morgan fingerprint density at radius 3 is 2.06 bits per heavy atom. The number of nitrogens with zero attached hydrogens (tertiary/aromatic N) is 3. The molecule has 5 aromatic rings. The summed E-state index contributed by atoms with van der Waals surface area (Å²) in [5.41, 5.74) is 7.51. The van der Waals surface area contributed by atoms with Crippen molar-refractivity contribution in [2.24, 2.45) is 7.05 Å². The lowest BCUT2D eigenvalue weighted by Crippen LogP contribution is -2.08. The molecule has 0 spiro atoms. The molecular weight excluding hydrogens is 394 g/mol. The number of hydrogen-bond donors (Lipinski definition) is 0. The minimum atomic E-state index is -0.0261. The largest absolute Gasteiger partial charge is 0.289 e. The highest BCUT2D eigenvalue weighted by Crippen LogP contribution is 2.39. The Kier molecular flexibility index (Phi) is 4.91. The fraction of sp³-hybridized carbons (Fsp3) is 0.107. The lowest BCUT2D eigenvalue weighted by molar-refractivity contribution is 0.104. The van der Waals surface area contributed by atoms with Gasteiger partial charge in [-0.25, -0.2) is 4.98 Å². The molecule has 32 heavy (non-hydrogen) atoms. The number of aromatic nitrogens is 3. The minimum absolute atomic E-state index is 0.0261. The number of carbonyl (C=O) groups is 1. The summed E-state index contributed by atoms with van der Waals surface area (Å²) in [4.78, 5) is 19.1. The molecule has 0 saturated heterocycles. The maximum atomic E-state index is 14.0.